The van der Waals surface area contributed by atoms with Crippen molar-refractivity contribution in [2.45, 2.75) is 52.4 Å². The van der Waals surface area contributed by atoms with E-state index in [-0.39, 0.29) is 16.6 Å². The Balaban J connectivity index is 1.32. The summed E-state index contributed by atoms with van der Waals surface area (Å²) in [5.74, 6) is 1.61. The summed E-state index contributed by atoms with van der Waals surface area (Å²) in [5.41, 5.74) is 11.4. The monoisotopic (exact) mass is 774 g/mol. The lowest BCUT2D eigenvalue weighted by atomic mass is 9.73. The molecule has 7 rings (SSSR count). The van der Waals surface area contributed by atoms with E-state index >= 15 is 0 Å². The molecule has 7 aromatic rings. The molecule has 0 spiro atoms. The number of benzene rings is 7. The van der Waals surface area contributed by atoms with Gasteiger partial charge in [-0.15, -0.1) is 0 Å². The molecule has 0 aliphatic heterocycles. The van der Waals surface area contributed by atoms with E-state index in [2.05, 4.69) is 169 Å². The zero-order valence-corrected chi connectivity index (χ0v) is 35.1. The lowest BCUT2D eigenvalue weighted by molar-refractivity contribution is 0.364. The van der Waals surface area contributed by atoms with Crippen LogP contribution in [0.4, 0.5) is 0 Å². The summed E-state index contributed by atoms with van der Waals surface area (Å²) >= 11 is 0. The number of ether oxygens (including phenoxy) is 2. The summed E-state index contributed by atoms with van der Waals surface area (Å²) < 4.78 is 13.4. The molecule has 296 valence electrons. The average molecular weight is 775 g/mol. The first-order chi connectivity index (χ1) is 28.5. The zero-order chi connectivity index (χ0) is 41.4. The van der Waals surface area contributed by atoms with Gasteiger partial charge in [0.25, 0.3) is 0 Å². The van der Waals surface area contributed by atoms with Crippen LogP contribution in [0, 0.1) is 0 Å². The number of hydrogen-bond acceptors (Lipinski definition) is 3. The fourth-order valence-corrected chi connectivity index (χ4v) is 7.70. The van der Waals surface area contributed by atoms with E-state index in [1.807, 2.05) is 60.7 Å². The van der Waals surface area contributed by atoms with Gasteiger partial charge in [-0.05, 0) is 79.6 Å². The SMILES string of the molecule is CC(C)(C)c1cc(C(C)(C)C)c(-c2ccccc2OCC=C(c2ccccc2)c2ccccc2)c(O)c1-c1ccccc1OCC=C(c1ccccc1)c1ccccc1. The van der Waals surface area contributed by atoms with E-state index in [0.717, 1.165) is 66.8 Å². The van der Waals surface area contributed by atoms with Gasteiger partial charge in [-0.3, -0.25) is 0 Å². The summed E-state index contributed by atoms with van der Waals surface area (Å²) in [6.07, 6.45) is 4.28. The molecule has 0 fully saturated rings. The van der Waals surface area contributed by atoms with E-state index in [4.69, 9.17) is 9.47 Å². The van der Waals surface area contributed by atoms with Gasteiger partial charge in [0.05, 0.1) is 0 Å². The van der Waals surface area contributed by atoms with Gasteiger partial charge >= 0.3 is 0 Å². The second kappa shape index (κ2) is 17.9. The highest BCUT2D eigenvalue weighted by Gasteiger charge is 2.32. The minimum absolute atomic E-state index is 0.212. The normalized spacial score (nSPS) is 11.4. The van der Waals surface area contributed by atoms with Crippen LogP contribution in [0.2, 0.25) is 0 Å². The van der Waals surface area contributed by atoms with Crippen molar-refractivity contribution in [2.24, 2.45) is 0 Å². The van der Waals surface area contributed by atoms with Crippen LogP contribution in [0.25, 0.3) is 33.4 Å². The molecule has 0 atom stereocenters. The smallest absolute Gasteiger partial charge is 0.132 e. The Hall–Kier alpha value is -6.58. The van der Waals surface area contributed by atoms with Crippen LogP contribution in [-0.2, 0) is 10.8 Å². The van der Waals surface area contributed by atoms with Gasteiger partial charge in [0, 0.05) is 22.3 Å². The van der Waals surface area contributed by atoms with Crippen LogP contribution in [0.5, 0.6) is 17.2 Å². The molecule has 0 heterocycles. The van der Waals surface area contributed by atoms with Crippen molar-refractivity contribution in [3.8, 4) is 39.5 Å². The quantitative estimate of drug-likeness (QED) is 0.134. The fourth-order valence-electron chi connectivity index (χ4n) is 7.70. The molecule has 0 aromatic heterocycles. The maximum Gasteiger partial charge on any atom is 0.132 e. The summed E-state index contributed by atoms with van der Waals surface area (Å²) in [6, 6.07) is 60.1. The standard InChI is InChI=1S/C56H54O3/c1-55(2,3)48-39-49(56(4,5)6)53(47-32-20-22-34-51(47)59-38-36-45(42-27-15-9-16-28-42)43-29-17-10-18-30-43)54(57)52(48)46-31-19-21-33-50(46)58-37-35-44(40-23-11-7-12-24-40)41-25-13-8-14-26-41/h7-36,39,57H,37-38H2,1-6H3. The van der Waals surface area contributed by atoms with Crippen molar-refractivity contribution < 1.29 is 14.6 Å². The molecule has 0 unspecified atom stereocenters. The van der Waals surface area contributed by atoms with Gasteiger partial charge in [0.1, 0.15) is 30.5 Å². The average Bonchev–Trinajstić information content (AvgIpc) is 3.24. The highest BCUT2D eigenvalue weighted by molar-refractivity contribution is 5.91. The minimum atomic E-state index is -0.307. The third-order valence-electron chi connectivity index (χ3n) is 10.6. The maximum absolute atomic E-state index is 12.9. The fraction of sp³-hybridized carbons (Fsp3) is 0.179. The van der Waals surface area contributed by atoms with Crippen molar-refractivity contribution in [3.05, 3.63) is 221 Å². The molecule has 0 aliphatic rings. The highest BCUT2D eigenvalue weighted by Crippen LogP contribution is 2.52. The Morgan fingerprint density at radius 3 is 1.02 bits per heavy atom. The molecule has 0 aliphatic carbocycles. The van der Waals surface area contributed by atoms with E-state index in [1.165, 1.54) is 0 Å². The molecule has 7 aromatic carbocycles. The second-order valence-corrected chi connectivity index (χ2v) is 16.9. The summed E-state index contributed by atoms with van der Waals surface area (Å²) in [7, 11) is 0. The molecule has 59 heavy (non-hydrogen) atoms. The van der Waals surface area contributed by atoms with Gasteiger partial charge in [0.2, 0.25) is 0 Å². The van der Waals surface area contributed by atoms with E-state index < -0.39 is 0 Å². The summed E-state index contributed by atoms with van der Waals surface area (Å²) in [4.78, 5) is 0. The van der Waals surface area contributed by atoms with E-state index in [9.17, 15) is 5.11 Å². The summed E-state index contributed by atoms with van der Waals surface area (Å²) in [6.45, 7) is 13.9. The minimum Gasteiger partial charge on any atom is -0.507 e. The van der Waals surface area contributed by atoms with Crippen molar-refractivity contribution in [2.75, 3.05) is 13.2 Å². The van der Waals surface area contributed by atoms with Crippen LogP contribution in [0.15, 0.2) is 188 Å². The molecule has 0 saturated carbocycles. The predicted octanol–water partition coefficient (Wildman–Crippen LogP) is 14.3. The third-order valence-corrected chi connectivity index (χ3v) is 10.6. The maximum atomic E-state index is 12.9. The molecule has 0 amide bonds. The topological polar surface area (TPSA) is 38.7 Å². The van der Waals surface area contributed by atoms with E-state index in [0.29, 0.717) is 24.7 Å². The first kappa shape index (κ1) is 40.6. The molecule has 0 bridgehead atoms. The molecule has 1 N–H and O–H groups in total. The molecule has 3 heteroatoms. The number of hydrogen-bond donors (Lipinski definition) is 1. The Morgan fingerprint density at radius 1 is 0.424 bits per heavy atom. The van der Waals surface area contributed by atoms with E-state index in [1.54, 1.807) is 0 Å². The Kier molecular flexibility index (Phi) is 12.3. The van der Waals surface area contributed by atoms with Gasteiger partial charge < -0.3 is 14.6 Å². The number of phenolic OH excluding ortho intramolecular Hbond substituents is 1. The molecular formula is C56H54O3. The van der Waals surface area contributed by atoms with Crippen LogP contribution in [0.1, 0.15) is 74.9 Å². The largest absolute Gasteiger partial charge is 0.507 e. The van der Waals surface area contributed by atoms with Crippen molar-refractivity contribution in [1.82, 2.24) is 0 Å². The van der Waals surface area contributed by atoms with Crippen molar-refractivity contribution >= 4 is 11.1 Å². The summed E-state index contributed by atoms with van der Waals surface area (Å²) in [5, 5.41) is 12.9. The van der Waals surface area contributed by atoms with Crippen LogP contribution in [-0.4, -0.2) is 18.3 Å². The highest BCUT2D eigenvalue weighted by atomic mass is 16.5. The van der Waals surface area contributed by atoms with Crippen molar-refractivity contribution in [3.63, 3.8) is 0 Å². The first-order valence-corrected chi connectivity index (χ1v) is 20.5. The zero-order valence-electron chi connectivity index (χ0n) is 35.1. The molecular weight excluding hydrogens is 721 g/mol. The predicted molar refractivity (Wildman–Crippen MR) is 247 cm³/mol. The molecule has 0 saturated heterocycles. The molecule has 3 nitrogen and oxygen atoms in total. The Labute approximate surface area is 351 Å². The Morgan fingerprint density at radius 2 is 0.712 bits per heavy atom. The Bertz CT molecular complexity index is 2280. The van der Waals surface area contributed by atoms with Gasteiger partial charge in [-0.2, -0.15) is 0 Å². The number of aromatic hydroxyl groups is 1. The molecule has 0 radical (unpaired) electrons. The third kappa shape index (κ3) is 9.43. The van der Waals surface area contributed by atoms with Crippen LogP contribution in [0.3, 0.4) is 0 Å². The lowest BCUT2D eigenvalue weighted by Crippen LogP contribution is -2.19. The van der Waals surface area contributed by atoms with Gasteiger partial charge in [0.15, 0.2) is 0 Å². The van der Waals surface area contributed by atoms with Crippen LogP contribution < -0.4 is 9.47 Å². The number of para-hydroxylation sites is 2. The second-order valence-electron chi connectivity index (χ2n) is 16.9. The van der Waals surface area contributed by atoms with Gasteiger partial charge in [-0.25, -0.2) is 0 Å². The van der Waals surface area contributed by atoms with Crippen LogP contribution >= 0.6 is 0 Å². The lowest BCUT2D eigenvalue weighted by Gasteiger charge is -2.32. The first-order valence-electron chi connectivity index (χ1n) is 20.5. The number of phenols is 1. The van der Waals surface area contributed by atoms with Gasteiger partial charge in [-0.1, -0.05) is 205 Å². The van der Waals surface area contributed by atoms with Crippen molar-refractivity contribution in [1.29, 1.82) is 0 Å². The number of rotatable bonds is 12.